The van der Waals surface area contributed by atoms with Gasteiger partial charge >= 0.3 is 0 Å². The molecule has 0 amide bonds. The number of nitrogens with one attached hydrogen (secondary N) is 1. The zero-order valence-electron chi connectivity index (χ0n) is 21.1. The number of ether oxygens (including phenoxy) is 2. The summed E-state index contributed by atoms with van der Waals surface area (Å²) in [6.07, 6.45) is 0. The Bertz CT molecular complexity index is 1170. The van der Waals surface area contributed by atoms with Gasteiger partial charge in [-0.1, -0.05) is 12.1 Å². The van der Waals surface area contributed by atoms with E-state index >= 15 is 0 Å². The second-order valence-corrected chi connectivity index (χ2v) is 8.95. The van der Waals surface area contributed by atoms with Crippen molar-refractivity contribution in [1.82, 2.24) is 25.1 Å². The fourth-order valence-electron chi connectivity index (χ4n) is 4.10. The second-order valence-electron chi connectivity index (χ2n) is 8.95. The van der Waals surface area contributed by atoms with Gasteiger partial charge in [0.15, 0.2) is 0 Å². The Balaban J connectivity index is 1.16. The molecule has 2 aromatic heterocycles. The molecule has 0 saturated heterocycles. The van der Waals surface area contributed by atoms with Crippen molar-refractivity contribution in [2.45, 2.75) is 13.1 Å². The largest absolute Gasteiger partial charge is 0.497 e. The van der Waals surface area contributed by atoms with E-state index < -0.39 is 0 Å². The van der Waals surface area contributed by atoms with Crippen LogP contribution >= 0.6 is 0 Å². The van der Waals surface area contributed by atoms with Crippen molar-refractivity contribution in [3.8, 4) is 11.5 Å². The van der Waals surface area contributed by atoms with Gasteiger partial charge in [-0.3, -0.25) is 19.8 Å². The molecule has 2 heterocycles. The van der Waals surface area contributed by atoms with Gasteiger partial charge in [0, 0.05) is 50.0 Å². The van der Waals surface area contributed by atoms with Crippen LogP contribution in [0.15, 0.2) is 60.7 Å². The van der Waals surface area contributed by atoms with E-state index in [1.807, 2.05) is 36.4 Å². The summed E-state index contributed by atoms with van der Waals surface area (Å²) in [6, 6.07) is 20.4. The number of hydrogen-bond acceptors (Lipinski definition) is 7. The van der Waals surface area contributed by atoms with E-state index in [4.69, 9.17) is 19.4 Å². The minimum Gasteiger partial charge on any atom is -0.497 e. The summed E-state index contributed by atoms with van der Waals surface area (Å²) in [4.78, 5) is 14.2. The van der Waals surface area contributed by atoms with Crippen molar-refractivity contribution in [3.05, 3.63) is 72.1 Å². The SMILES string of the molecule is COc1ccc2nc(CN(C)CCNCCN(C)Cc3ccc4cc(OC)ccc4n3)ccc2c1. The zero-order chi connectivity index (χ0) is 24.6. The normalized spacial score (nSPS) is 11.6. The van der Waals surface area contributed by atoms with Crippen LogP contribution in [0.1, 0.15) is 11.4 Å². The van der Waals surface area contributed by atoms with E-state index in [0.717, 1.165) is 84.0 Å². The van der Waals surface area contributed by atoms with Gasteiger partial charge in [0.25, 0.3) is 0 Å². The lowest BCUT2D eigenvalue weighted by molar-refractivity contribution is 0.300. The molecule has 0 aliphatic carbocycles. The van der Waals surface area contributed by atoms with Gasteiger partial charge in [0.05, 0.1) is 36.6 Å². The lowest BCUT2D eigenvalue weighted by Crippen LogP contribution is -2.34. The Morgan fingerprint density at radius 1 is 0.657 bits per heavy atom. The maximum Gasteiger partial charge on any atom is 0.119 e. The Kier molecular flexibility index (Phi) is 8.47. The maximum atomic E-state index is 5.30. The quantitative estimate of drug-likeness (QED) is 0.313. The molecule has 0 bridgehead atoms. The summed E-state index contributed by atoms with van der Waals surface area (Å²) in [5.41, 5.74) is 4.15. The minimum absolute atomic E-state index is 0.822. The summed E-state index contributed by atoms with van der Waals surface area (Å²) in [5, 5.41) is 5.75. The highest BCUT2D eigenvalue weighted by molar-refractivity contribution is 5.81. The van der Waals surface area contributed by atoms with Crippen molar-refractivity contribution in [2.24, 2.45) is 0 Å². The van der Waals surface area contributed by atoms with Crippen LogP contribution in [-0.2, 0) is 13.1 Å². The summed E-state index contributed by atoms with van der Waals surface area (Å²) < 4.78 is 10.6. The van der Waals surface area contributed by atoms with Crippen LogP contribution in [0.2, 0.25) is 0 Å². The molecule has 1 N–H and O–H groups in total. The first-order chi connectivity index (χ1) is 17.0. The van der Waals surface area contributed by atoms with Gasteiger partial charge in [0.1, 0.15) is 11.5 Å². The molecule has 0 unspecified atom stereocenters. The van der Waals surface area contributed by atoms with Crippen molar-refractivity contribution in [3.63, 3.8) is 0 Å². The van der Waals surface area contributed by atoms with E-state index in [1.54, 1.807) is 14.2 Å². The van der Waals surface area contributed by atoms with Crippen molar-refractivity contribution < 1.29 is 9.47 Å². The van der Waals surface area contributed by atoms with Crippen LogP contribution < -0.4 is 14.8 Å². The van der Waals surface area contributed by atoms with E-state index in [0.29, 0.717) is 0 Å². The summed E-state index contributed by atoms with van der Waals surface area (Å²) in [5.74, 6) is 1.71. The first-order valence-corrected chi connectivity index (χ1v) is 12.0. The molecule has 0 aliphatic rings. The van der Waals surface area contributed by atoms with Crippen molar-refractivity contribution >= 4 is 21.8 Å². The third kappa shape index (κ3) is 6.88. The van der Waals surface area contributed by atoms with Gasteiger partial charge in [-0.2, -0.15) is 0 Å². The number of hydrogen-bond donors (Lipinski definition) is 1. The lowest BCUT2D eigenvalue weighted by Gasteiger charge is -2.19. The Morgan fingerprint density at radius 2 is 1.11 bits per heavy atom. The molecule has 4 rings (SSSR count). The van der Waals surface area contributed by atoms with E-state index in [2.05, 4.69) is 53.5 Å². The van der Waals surface area contributed by atoms with Gasteiger partial charge < -0.3 is 14.8 Å². The Labute approximate surface area is 207 Å². The van der Waals surface area contributed by atoms with Crippen molar-refractivity contribution in [2.75, 3.05) is 54.5 Å². The molecule has 0 fully saturated rings. The number of benzene rings is 2. The van der Waals surface area contributed by atoms with Crippen LogP contribution in [0.4, 0.5) is 0 Å². The number of rotatable bonds is 12. The number of likely N-dealkylation sites (N-methyl/N-ethyl adjacent to an activating group) is 2. The monoisotopic (exact) mass is 473 g/mol. The zero-order valence-corrected chi connectivity index (χ0v) is 21.1. The first kappa shape index (κ1) is 24.9. The maximum absolute atomic E-state index is 5.30. The lowest BCUT2D eigenvalue weighted by atomic mass is 10.2. The van der Waals surface area contributed by atoms with E-state index in [-0.39, 0.29) is 0 Å². The molecule has 0 atom stereocenters. The molecule has 7 nitrogen and oxygen atoms in total. The van der Waals surface area contributed by atoms with Gasteiger partial charge in [-0.15, -0.1) is 0 Å². The van der Waals surface area contributed by atoms with Gasteiger partial charge in [-0.25, -0.2) is 0 Å². The third-order valence-electron chi connectivity index (χ3n) is 6.11. The predicted molar refractivity (Wildman–Crippen MR) is 142 cm³/mol. The van der Waals surface area contributed by atoms with Gasteiger partial charge in [-0.05, 0) is 62.6 Å². The number of methoxy groups -OCH3 is 2. The molecule has 0 aliphatic heterocycles. The highest BCUT2D eigenvalue weighted by Gasteiger charge is 2.06. The third-order valence-corrected chi connectivity index (χ3v) is 6.11. The molecule has 7 heteroatoms. The highest BCUT2D eigenvalue weighted by atomic mass is 16.5. The molecule has 184 valence electrons. The fourth-order valence-corrected chi connectivity index (χ4v) is 4.10. The average molecular weight is 474 g/mol. The number of nitrogens with zero attached hydrogens (tertiary/aromatic N) is 4. The van der Waals surface area contributed by atoms with E-state index in [9.17, 15) is 0 Å². The molecule has 35 heavy (non-hydrogen) atoms. The van der Waals surface area contributed by atoms with E-state index in [1.165, 1.54) is 0 Å². The first-order valence-electron chi connectivity index (χ1n) is 12.0. The number of fused-ring (bicyclic) bond motifs is 2. The van der Waals surface area contributed by atoms with Gasteiger partial charge in [0.2, 0.25) is 0 Å². The topological polar surface area (TPSA) is 62.8 Å². The molecule has 0 saturated carbocycles. The molecule has 0 radical (unpaired) electrons. The number of pyridine rings is 2. The standard InChI is InChI=1S/C28H35N5O2/c1-32(19-23-7-5-21-17-25(34-3)9-11-27(21)30-23)15-13-29-14-16-33(2)20-24-8-6-22-18-26(35-4)10-12-28(22)31-24/h5-12,17-18,29H,13-16,19-20H2,1-4H3. The average Bonchev–Trinajstić information content (AvgIpc) is 2.87. The Morgan fingerprint density at radius 3 is 1.54 bits per heavy atom. The predicted octanol–water partition coefficient (Wildman–Crippen LogP) is 3.95. The second kappa shape index (κ2) is 11.9. The van der Waals surface area contributed by atoms with Crippen LogP contribution in [0.5, 0.6) is 11.5 Å². The molecule has 4 aromatic rings. The Hall–Kier alpha value is -3.26. The molecule has 0 spiro atoms. The molecular weight excluding hydrogens is 438 g/mol. The highest BCUT2D eigenvalue weighted by Crippen LogP contribution is 2.21. The fraction of sp³-hybridized carbons (Fsp3) is 0.357. The van der Waals surface area contributed by atoms with Crippen LogP contribution in [0, 0.1) is 0 Å². The van der Waals surface area contributed by atoms with Crippen LogP contribution in [0.3, 0.4) is 0 Å². The molecule has 2 aromatic carbocycles. The summed E-state index contributed by atoms with van der Waals surface area (Å²) in [6.45, 7) is 5.44. The van der Waals surface area contributed by atoms with Crippen LogP contribution in [-0.4, -0.2) is 74.3 Å². The minimum atomic E-state index is 0.822. The smallest absolute Gasteiger partial charge is 0.119 e. The summed E-state index contributed by atoms with van der Waals surface area (Å²) in [7, 11) is 7.64. The van der Waals surface area contributed by atoms with Crippen molar-refractivity contribution in [1.29, 1.82) is 0 Å². The summed E-state index contributed by atoms with van der Waals surface area (Å²) >= 11 is 0. The van der Waals surface area contributed by atoms with Crippen LogP contribution in [0.25, 0.3) is 21.8 Å². The number of aromatic nitrogens is 2. The molecular formula is C28H35N5O2.